The first kappa shape index (κ1) is 11.6. The van der Waals surface area contributed by atoms with Crippen molar-refractivity contribution < 1.29 is 0 Å². The van der Waals surface area contributed by atoms with Crippen molar-refractivity contribution in [2.24, 2.45) is 0 Å². The van der Waals surface area contributed by atoms with Crippen LogP contribution in [0.25, 0.3) is 11.2 Å². The molecule has 1 atom stereocenters. The predicted octanol–water partition coefficient (Wildman–Crippen LogP) is 2.50. The van der Waals surface area contributed by atoms with Gasteiger partial charge in [-0.25, -0.2) is 9.97 Å². The molecule has 1 aliphatic heterocycles. The lowest BCUT2D eigenvalue weighted by molar-refractivity contribution is 0.576. The monoisotopic (exact) mass is 264 g/mol. The van der Waals surface area contributed by atoms with Gasteiger partial charge in [-0.2, -0.15) is 0 Å². The van der Waals surface area contributed by atoms with Crippen molar-refractivity contribution in [3.63, 3.8) is 0 Å². The average Bonchev–Trinajstić information content (AvgIpc) is 2.89. The number of hydrogen-bond acceptors (Lipinski definition) is 3. The molecule has 0 radical (unpaired) electrons. The van der Waals surface area contributed by atoms with Crippen LogP contribution in [0.3, 0.4) is 0 Å². The van der Waals surface area contributed by atoms with Gasteiger partial charge < -0.3 is 10.3 Å². The van der Waals surface area contributed by atoms with Crippen LogP contribution in [0.5, 0.6) is 0 Å². The van der Waals surface area contributed by atoms with Gasteiger partial charge in [0.2, 0.25) is 0 Å². The Bertz CT molecular complexity index is 775. The molecule has 0 fully saturated rings. The van der Waals surface area contributed by atoms with E-state index in [4.69, 9.17) is 0 Å². The number of imidazole rings is 1. The zero-order valence-corrected chi connectivity index (χ0v) is 11.4. The van der Waals surface area contributed by atoms with E-state index in [1.165, 1.54) is 11.1 Å². The summed E-state index contributed by atoms with van der Waals surface area (Å²) in [7, 11) is 0. The van der Waals surface area contributed by atoms with Gasteiger partial charge in [0.15, 0.2) is 5.65 Å². The smallest absolute Gasteiger partial charge is 0.177 e. The van der Waals surface area contributed by atoms with Gasteiger partial charge in [0, 0.05) is 19.3 Å². The van der Waals surface area contributed by atoms with E-state index < -0.39 is 0 Å². The van der Waals surface area contributed by atoms with E-state index in [-0.39, 0.29) is 5.92 Å². The SMILES string of the molecule is Cc1cnc2nc(C3CNCc4ccccc43)[nH]c2c1. The van der Waals surface area contributed by atoms with E-state index in [1.807, 2.05) is 13.1 Å². The maximum atomic E-state index is 4.67. The fourth-order valence-corrected chi connectivity index (χ4v) is 2.93. The van der Waals surface area contributed by atoms with Crippen molar-refractivity contribution in [2.45, 2.75) is 19.4 Å². The maximum absolute atomic E-state index is 4.67. The van der Waals surface area contributed by atoms with Crippen LogP contribution in [0.1, 0.15) is 28.4 Å². The topological polar surface area (TPSA) is 53.6 Å². The second kappa shape index (κ2) is 4.42. The molecule has 0 bridgehead atoms. The molecule has 1 unspecified atom stereocenters. The number of hydrogen-bond donors (Lipinski definition) is 2. The normalized spacial score (nSPS) is 18.1. The lowest BCUT2D eigenvalue weighted by atomic mass is 9.90. The van der Waals surface area contributed by atoms with E-state index in [1.54, 1.807) is 0 Å². The molecule has 20 heavy (non-hydrogen) atoms. The molecule has 0 aliphatic carbocycles. The first-order valence-electron chi connectivity index (χ1n) is 6.92. The molecule has 4 nitrogen and oxygen atoms in total. The summed E-state index contributed by atoms with van der Waals surface area (Å²) in [5, 5.41) is 3.46. The van der Waals surface area contributed by atoms with Crippen LogP contribution in [-0.2, 0) is 6.54 Å². The van der Waals surface area contributed by atoms with Gasteiger partial charge >= 0.3 is 0 Å². The number of rotatable bonds is 1. The van der Waals surface area contributed by atoms with Gasteiger partial charge in [-0.05, 0) is 29.7 Å². The van der Waals surface area contributed by atoms with E-state index in [2.05, 4.69) is 50.6 Å². The van der Waals surface area contributed by atoms with E-state index in [9.17, 15) is 0 Å². The van der Waals surface area contributed by atoms with Crippen LogP contribution in [0.15, 0.2) is 36.5 Å². The van der Waals surface area contributed by atoms with Crippen LogP contribution in [0.4, 0.5) is 0 Å². The quantitative estimate of drug-likeness (QED) is 0.710. The number of aromatic amines is 1. The van der Waals surface area contributed by atoms with Crippen molar-refractivity contribution in [2.75, 3.05) is 6.54 Å². The molecule has 4 rings (SSSR count). The Kier molecular flexibility index (Phi) is 2.57. The highest BCUT2D eigenvalue weighted by Crippen LogP contribution is 2.29. The maximum Gasteiger partial charge on any atom is 0.177 e. The summed E-state index contributed by atoms with van der Waals surface area (Å²) in [4.78, 5) is 12.5. The molecule has 4 heteroatoms. The molecule has 0 saturated heterocycles. The molecular weight excluding hydrogens is 248 g/mol. The Balaban J connectivity index is 1.84. The summed E-state index contributed by atoms with van der Waals surface area (Å²) in [6, 6.07) is 10.7. The molecule has 3 heterocycles. The van der Waals surface area contributed by atoms with Crippen LogP contribution < -0.4 is 5.32 Å². The fourth-order valence-electron chi connectivity index (χ4n) is 2.93. The number of pyridine rings is 1. The second-order valence-electron chi connectivity index (χ2n) is 5.39. The molecule has 100 valence electrons. The Morgan fingerprint density at radius 3 is 3.10 bits per heavy atom. The van der Waals surface area contributed by atoms with Crippen LogP contribution in [0.2, 0.25) is 0 Å². The van der Waals surface area contributed by atoms with E-state index in [0.717, 1.165) is 35.6 Å². The number of aryl methyl sites for hydroxylation is 1. The summed E-state index contributed by atoms with van der Waals surface area (Å²) >= 11 is 0. The third-order valence-electron chi connectivity index (χ3n) is 3.92. The van der Waals surface area contributed by atoms with Crippen molar-refractivity contribution >= 4 is 11.2 Å². The van der Waals surface area contributed by atoms with Gasteiger partial charge in [0.05, 0.1) is 11.4 Å². The molecule has 3 aromatic rings. The Morgan fingerprint density at radius 2 is 2.15 bits per heavy atom. The fraction of sp³-hybridized carbons (Fsp3) is 0.250. The van der Waals surface area contributed by atoms with Gasteiger partial charge in [-0.15, -0.1) is 0 Å². The number of nitrogens with one attached hydrogen (secondary N) is 2. The third-order valence-corrected chi connectivity index (χ3v) is 3.92. The predicted molar refractivity (Wildman–Crippen MR) is 78.6 cm³/mol. The highest BCUT2D eigenvalue weighted by Gasteiger charge is 2.23. The van der Waals surface area contributed by atoms with E-state index in [0.29, 0.717) is 0 Å². The molecule has 0 spiro atoms. The van der Waals surface area contributed by atoms with Crippen LogP contribution in [0, 0.1) is 6.92 Å². The minimum Gasteiger partial charge on any atom is -0.340 e. The lowest BCUT2D eigenvalue weighted by Crippen LogP contribution is -2.29. The Morgan fingerprint density at radius 1 is 1.25 bits per heavy atom. The number of nitrogens with zero attached hydrogens (tertiary/aromatic N) is 2. The number of H-pyrrole nitrogens is 1. The van der Waals surface area contributed by atoms with Gasteiger partial charge in [-0.1, -0.05) is 24.3 Å². The summed E-state index contributed by atoms with van der Waals surface area (Å²) in [6.07, 6.45) is 1.86. The Hall–Kier alpha value is -2.20. The summed E-state index contributed by atoms with van der Waals surface area (Å²) in [5.74, 6) is 1.27. The van der Waals surface area contributed by atoms with Crippen molar-refractivity contribution in [1.82, 2.24) is 20.3 Å². The Labute approximate surface area is 117 Å². The summed E-state index contributed by atoms with van der Waals surface area (Å²) < 4.78 is 0. The highest BCUT2D eigenvalue weighted by molar-refractivity contribution is 5.71. The van der Waals surface area contributed by atoms with Gasteiger partial charge in [0.1, 0.15) is 5.82 Å². The number of aromatic nitrogens is 3. The van der Waals surface area contributed by atoms with Gasteiger partial charge in [0.25, 0.3) is 0 Å². The summed E-state index contributed by atoms with van der Waals surface area (Å²) in [6.45, 7) is 3.89. The molecule has 0 saturated carbocycles. The second-order valence-corrected chi connectivity index (χ2v) is 5.39. The van der Waals surface area contributed by atoms with Crippen LogP contribution in [-0.4, -0.2) is 21.5 Å². The first-order chi connectivity index (χ1) is 9.81. The molecule has 2 N–H and O–H groups in total. The van der Waals surface area contributed by atoms with Gasteiger partial charge in [-0.3, -0.25) is 0 Å². The number of fused-ring (bicyclic) bond motifs is 2. The molecule has 0 amide bonds. The summed E-state index contributed by atoms with van der Waals surface area (Å²) in [5.41, 5.74) is 5.68. The zero-order chi connectivity index (χ0) is 13.5. The lowest BCUT2D eigenvalue weighted by Gasteiger charge is -2.24. The van der Waals surface area contributed by atoms with Crippen molar-refractivity contribution in [3.8, 4) is 0 Å². The average molecular weight is 264 g/mol. The molecular formula is C16H16N4. The molecule has 2 aromatic heterocycles. The van der Waals surface area contributed by atoms with Crippen molar-refractivity contribution in [1.29, 1.82) is 0 Å². The third kappa shape index (κ3) is 1.80. The van der Waals surface area contributed by atoms with Crippen molar-refractivity contribution in [3.05, 3.63) is 59.0 Å². The number of benzene rings is 1. The standard InChI is InChI=1S/C16H16N4/c1-10-6-14-16(18-7-10)20-15(19-14)13-9-17-8-11-4-2-3-5-12(11)13/h2-7,13,17H,8-9H2,1H3,(H,18,19,20). The molecule has 1 aromatic carbocycles. The molecule has 1 aliphatic rings. The minimum absolute atomic E-state index is 0.273. The highest BCUT2D eigenvalue weighted by atomic mass is 15.0. The largest absolute Gasteiger partial charge is 0.340 e. The first-order valence-corrected chi connectivity index (χ1v) is 6.92. The minimum atomic E-state index is 0.273. The van der Waals surface area contributed by atoms with E-state index >= 15 is 0 Å². The van der Waals surface area contributed by atoms with Crippen LogP contribution >= 0.6 is 0 Å². The zero-order valence-electron chi connectivity index (χ0n) is 11.4.